The van der Waals surface area contributed by atoms with Crippen LogP contribution in [-0.2, 0) is 11.3 Å². The van der Waals surface area contributed by atoms with E-state index in [0.717, 1.165) is 54.5 Å². The largest absolute Gasteiger partial charge is 0.394 e. The minimum Gasteiger partial charge on any atom is -0.394 e. The van der Waals surface area contributed by atoms with Crippen LogP contribution in [0.5, 0.6) is 0 Å². The van der Waals surface area contributed by atoms with Gasteiger partial charge in [0, 0.05) is 37.9 Å². The third kappa shape index (κ3) is 3.63. The lowest BCUT2D eigenvalue weighted by molar-refractivity contribution is 0.120. The first kappa shape index (κ1) is 18.6. The number of aryl methyl sites for hydroxylation is 1. The van der Waals surface area contributed by atoms with Gasteiger partial charge in [0.25, 0.3) is 0 Å². The Morgan fingerprint density at radius 2 is 2.07 bits per heavy atom. The second kappa shape index (κ2) is 8.07. The van der Waals surface area contributed by atoms with Crippen LogP contribution in [-0.4, -0.2) is 60.3 Å². The minimum absolute atomic E-state index is 0.0480. The second-order valence-electron chi connectivity index (χ2n) is 6.90. The Morgan fingerprint density at radius 1 is 1.25 bits per heavy atom. The van der Waals surface area contributed by atoms with E-state index in [2.05, 4.69) is 25.4 Å². The molecular formula is C19H25N7O2. The van der Waals surface area contributed by atoms with Gasteiger partial charge in [-0.3, -0.25) is 9.25 Å². The summed E-state index contributed by atoms with van der Waals surface area (Å²) < 4.78 is 9.41. The summed E-state index contributed by atoms with van der Waals surface area (Å²) in [5.41, 5.74) is 3.63. The Bertz CT molecular complexity index is 926. The van der Waals surface area contributed by atoms with Crippen molar-refractivity contribution in [3.63, 3.8) is 0 Å². The number of anilines is 1. The molecule has 1 aliphatic rings. The highest BCUT2D eigenvalue weighted by Crippen LogP contribution is 2.25. The molecule has 9 heteroatoms. The Hall–Kier alpha value is -2.78. The lowest BCUT2D eigenvalue weighted by Crippen LogP contribution is -2.19. The third-order valence-corrected chi connectivity index (χ3v) is 4.96. The van der Waals surface area contributed by atoms with Crippen LogP contribution in [0.25, 0.3) is 17.1 Å². The van der Waals surface area contributed by atoms with Gasteiger partial charge in [0.2, 0.25) is 5.95 Å². The molecule has 148 valence electrons. The molecule has 1 fully saturated rings. The maximum absolute atomic E-state index is 9.24. The van der Waals surface area contributed by atoms with Gasteiger partial charge in [0.05, 0.1) is 41.9 Å². The molecule has 28 heavy (non-hydrogen) atoms. The fraction of sp³-hybridized carbons (Fsp3) is 0.474. The van der Waals surface area contributed by atoms with E-state index >= 15 is 0 Å². The van der Waals surface area contributed by atoms with Crippen LogP contribution in [0.4, 0.5) is 5.95 Å². The lowest BCUT2D eigenvalue weighted by Gasteiger charge is -2.11. The summed E-state index contributed by atoms with van der Waals surface area (Å²) in [5.74, 6) is 1.33. The first-order valence-corrected chi connectivity index (χ1v) is 9.54. The van der Waals surface area contributed by atoms with E-state index in [1.54, 1.807) is 18.6 Å². The molecule has 1 atom stereocenters. The van der Waals surface area contributed by atoms with Gasteiger partial charge in [-0.15, -0.1) is 0 Å². The van der Waals surface area contributed by atoms with Crippen molar-refractivity contribution in [1.29, 1.82) is 0 Å². The van der Waals surface area contributed by atoms with E-state index in [-0.39, 0.29) is 12.7 Å². The number of aliphatic hydroxyl groups is 1. The first-order valence-electron chi connectivity index (χ1n) is 9.54. The van der Waals surface area contributed by atoms with Crippen molar-refractivity contribution in [1.82, 2.24) is 29.3 Å². The minimum atomic E-state index is 0.0480. The maximum Gasteiger partial charge on any atom is 0.222 e. The topological polar surface area (TPSA) is 103 Å². The van der Waals surface area contributed by atoms with Gasteiger partial charge in [-0.25, -0.2) is 15.0 Å². The van der Waals surface area contributed by atoms with Crippen molar-refractivity contribution < 1.29 is 9.84 Å². The van der Waals surface area contributed by atoms with Crippen LogP contribution in [0.2, 0.25) is 0 Å². The van der Waals surface area contributed by atoms with Crippen LogP contribution >= 0.6 is 0 Å². The highest BCUT2D eigenvalue weighted by Gasteiger charge is 2.18. The number of nitrogens with zero attached hydrogens (tertiary/aromatic N) is 6. The Kier molecular flexibility index (Phi) is 5.36. The Labute approximate surface area is 163 Å². The molecule has 0 aromatic carbocycles. The number of hydrogen-bond donors (Lipinski definition) is 2. The molecule has 0 saturated carbocycles. The molecule has 3 aromatic heterocycles. The van der Waals surface area contributed by atoms with Crippen LogP contribution in [0.3, 0.4) is 0 Å². The van der Waals surface area contributed by atoms with E-state index in [0.29, 0.717) is 12.5 Å². The summed E-state index contributed by atoms with van der Waals surface area (Å²) in [5, 5.41) is 17.0. The van der Waals surface area contributed by atoms with E-state index in [1.807, 2.05) is 29.3 Å². The zero-order chi connectivity index (χ0) is 19.5. The number of nitrogens with one attached hydrogen (secondary N) is 1. The average molecular weight is 383 g/mol. The predicted octanol–water partition coefficient (Wildman–Crippen LogP) is 1.73. The van der Waals surface area contributed by atoms with Crippen LogP contribution in [0, 0.1) is 13.8 Å². The number of imidazole rings is 1. The third-order valence-electron chi connectivity index (χ3n) is 4.96. The summed E-state index contributed by atoms with van der Waals surface area (Å²) in [6.45, 7) is 6.01. The number of ether oxygens (including phenoxy) is 1. The number of aromatic nitrogens is 6. The van der Waals surface area contributed by atoms with Crippen molar-refractivity contribution in [2.75, 3.05) is 25.1 Å². The Balaban J connectivity index is 1.56. The summed E-state index contributed by atoms with van der Waals surface area (Å²) in [4.78, 5) is 13.3. The molecule has 1 saturated heterocycles. The summed E-state index contributed by atoms with van der Waals surface area (Å²) in [6.07, 6.45) is 9.62. The summed E-state index contributed by atoms with van der Waals surface area (Å²) >= 11 is 0. The van der Waals surface area contributed by atoms with Gasteiger partial charge in [0.15, 0.2) is 0 Å². The quantitative estimate of drug-likeness (QED) is 0.640. The molecule has 0 radical (unpaired) electrons. The van der Waals surface area contributed by atoms with E-state index in [4.69, 9.17) is 4.74 Å². The van der Waals surface area contributed by atoms with Gasteiger partial charge < -0.3 is 15.2 Å². The van der Waals surface area contributed by atoms with E-state index in [1.165, 1.54) is 0 Å². The molecule has 4 rings (SSSR count). The fourth-order valence-electron chi connectivity index (χ4n) is 3.59. The molecule has 2 N–H and O–H groups in total. The molecule has 4 heterocycles. The summed E-state index contributed by atoms with van der Waals surface area (Å²) in [6, 6.07) is 0. The highest BCUT2D eigenvalue weighted by molar-refractivity contribution is 5.59. The van der Waals surface area contributed by atoms with E-state index < -0.39 is 0 Å². The predicted molar refractivity (Wildman–Crippen MR) is 104 cm³/mol. The van der Waals surface area contributed by atoms with Crippen LogP contribution in [0.1, 0.15) is 24.2 Å². The van der Waals surface area contributed by atoms with Crippen LogP contribution < -0.4 is 5.32 Å². The smallest absolute Gasteiger partial charge is 0.222 e. The molecule has 0 aliphatic carbocycles. The van der Waals surface area contributed by atoms with Gasteiger partial charge in [0.1, 0.15) is 5.82 Å². The zero-order valence-corrected chi connectivity index (χ0v) is 16.2. The Morgan fingerprint density at radius 3 is 2.79 bits per heavy atom. The summed E-state index contributed by atoms with van der Waals surface area (Å²) in [7, 11) is 0. The number of aliphatic hydroxyl groups excluding tert-OH is 1. The van der Waals surface area contributed by atoms with Crippen molar-refractivity contribution in [2.45, 2.75) is 39.3 Å². The number of hydrogen-bond acceptors (Lipinski definition) is 7. The second-order valence-corrected chi connectivity index (χ2v) is 6.90. The average Bonchev–Trinajstić information content (AvgIpc) is 3.43. The molecule has 0 amide bonds. The molecule has 1 unspecified atom stereocenters. The molecule has 0 bridgehead atoms. The number of rotatable bonds is 7. The van der Waals surface area contributed by atoms with Gasteiger partial charge in [-0.05, 0) is 26.7 Å². The standard InChI is InChI=1S/C19H25N7O2/c1-13-17(14(2)26(24-13)7-8-27)25-6-5-20-18(25)15-10-21-19(22-11-15)23-12-16-4-3-9-28-16/h5-6,10-11,16,27H,3-4,7-9,12H2,1-2H3,(H,21,22,23). The van der Waals surface area contributed by atoms with Gasteiger partial charge in [-0.1, -0.05) is 0 Å². The lowest BCUT2D eigenvalue weighted by atomic mass is 10.2. The fourth-order valence-corrected chi connectivity index (χ4v) is 3.59. The van der Waals surface area contributed by atoms with Gasteiger partial charge >= 0.3 is 0 Å². The maximum atomic E-state index is 9.24. The van der Waals surface area contributed by atoms with Crippen molar-refractivity contribution in [2.24, 2.45) is 0 Å². The molecule has 0 spiro atoms. The molecular weight excluding hydrogens is 358 g/mol. The normalized spacial score (nSPS) is 16.6. The zero-order valence-electron chi connectivity index (χ0n) is 16.2. The van der Waals surface area contributed by atoms with E-state index in [9.17, 15) is 5.11 Å². The first-order chi connectivity index (χ1) is 13.7. The van der Waals surface area contributed by atoms with Crippen molar-refractivity contribution in [3.05, 3.63) is 36.2 Å². The SMILES string of the molecule is Cc1nn(CCO)c(C)c1-n1ccnc1-c1cnc(NCC2CCCO2)nc1. The monoisotopic (exact) mass is 383 g/mol. The molecule has 3 aromatic rings. The van der Waals surface area contributed by atoms with Crippen molar-refractivity contribution >= 4 is 5.95 Å². The van der Waals surface area contributed by atoms with Crippen LogP contribution in [0.15, 0.2) is 24.8 Å². The van der Waals surface area contributed by atoms with Gasteiger partial charge in [-0.2, -0.15) is 5.10 Å². The van der Waals surface area contributed by atoms with Crippen molar-refractivity contribution in [3.8, 4) is 17.1 Å². The molecule has 1 aliphatic heterocycles. The highest BCUT2D eigenvalue weighted by atomic mass is 16.5. The molecule has 9 nitrogen and oxygen atoms in total.